The Balaban J connectivity index is 2.29. The van der Waals surface area contributed by atoms with Crippen LogP contribution in [0.15, 0.2) is 24.3 Å². The lowest BCUT2D eigenvalue weighted by molar-refractivity contribution is 0.144. The average molecular weight is 205 g/mol. The first-order chi connectivity index (χ1) is 7.25. The summed E-state index contributed by atoms with van der Waals surface area (Å²) in [5.74, 6) is -0.171. The van der Waals surface area contributed by atoms with E-state index in [0.717, 1.165) is 11.1 Å². The van der Waals surface area contributed by atoms with Crippen LogP contribution in [0.1, 0.15) is 12.1 Å². The zero-order valence-corrected chi connectivity index (χ0v) is 8.28. The largest absolute Gasteiger partial charge is 0.393 e. The van der Waals surface area contributed by atoms with Gasteiger partial charge >= 0.3 is 0 Å². The summed E-state index contributed by atoms with van der Waals surface area (Å²) >= 11 is 0. The highest BCUT2D eigenvalue weighted by Gasteiger charge is 2.19. The van der Waals surface area contributed by atoms with Crippen molar-refractivity contribution in [1.82, 2.24) is 4.57 Å². The van der Waals surface area contributed by atoms with Crippen LogP contribution in [0, 0.1) is 5.82 Å². The van der Waals surface area contributed by atoms with E-state index in [1.165, 1.54) is 6.07 Å². The molecular formula is C12H12FNO. The van der Waals surface area contributed by atoms with Crippen molar-refractivity contribution in [2.24, 2.45) is 0 Å². The molecule has 78 valence electrons. The fourth-order valence-corrected chi connectivity index (χ4v) is 2.38. The Bertz CT molecular complexity index is 518. The minimum absolute atomic E-state index is 0.171. The summed E-state index contributed by atoms with van der Waals surface area (Å²) in [4.78, 5) is 0. The maximum atomic E-state index is 13.6. The monoisotopic (exact) mass is 205 g/mol. The van der Waals surface area contributed by atoms with Gasteiger partial charge in [-0.05, 0) is 18.6 Å². The molecular weight excluding hydrogens is 193 g/mol. The first-order valence-corrected chi connectivity index (χ1v) is 5.20. The average Bonchev–Trinajstić information content (AvgIpc) is 2.56. The van der Waals surface area contributed by atoms with Gasteiger partial charge in [0.2, 0.25) is 0 Å². The molecule has 2 heterocycles. The second kappa shape index (κ2) is 3.07. The first-order valence-electron chi connectivity index (χ1n) is 5.20. The molecule has 1 unspecified atom stereocenters. The third-order valence-electron chi connectivity index (χ3n) is 3.09. The number of aromatic nitrogens is 1. The molecule has 3 rings (SSSR count). The number of aliphatic hydroxyl groups excluding tert-OH is 1. The predicted molar refractivity (Wildman–Crippen MR) is 56.2 cm³/mol. The Morgan fingerprint density at radius 1 is 1.40 bits per heavy atom. The highest BCUT2D eigenvalue weighted by atomic mass is 19.1. The second-order valence-corrected chi connectivity index (χ2v) is 4.11. The molecule has 1 N–H and O–H groups in total. The molecule has 2 nitrogen and oxygen atoms in total. The molecule has 1 aliphatic heterocycles. The fourth-order valence-electron chi connectivity index (χ4n) is 2.38. The van der Waals surface area contributed by atoms with Gasteiger partial charge in [0.05, 0.1) is 11.6 Å². The van der Waals surface area contributed by atoms with E-state index in [-0.39, 0.29) is 11.9 Å². The number of aliphatic hydroxyl groups is 1. The molecule has 0 fully saturated rings. The van der Waals surface area contributed by atoms with Crippen LogP contribution in [-0.4, -0.2) is 15.8 Å². The number of nitrogens with zero attached hydrogens (tertiary/aromatic N) is 1. The number of benzene rings is 1. The van der Waals surface area contributed by atoms with Gasteiger partial charge in [-0.25, -0.2) is 4.39 Å². The number of hydrogen-bond donors (Lipinski definition) is 1. The summed E-state index contributed by atoms with van der Waals surface area (Å²) in [6, 6.07) is 7.09. The standard InChI is InChI=1S/C12H12FNO/c13-11-3-1-2-8-6-9-7-10(15)4-5-14(9)12(8)11/h1-3,6,10,15H,4-5,7H2. The summed E-state index contributed by atoms with van der Waals surface area (Å²) < 4.78 is 15.6. The van der Waals surface area contributed by atoms with Crippen LogP contribution in [0.5, 0.6) is 0 Å². The van der Waals surface area contributed by atoms with Crippen LogP contribution in [0.25, 0.3) is 10.9 Å². The Hall–Kier alpha value is -1.35. The lowest BCUT2D eigenvalue weighted by Gasteiger charge is -2.20. The van der Waals surface area contributed by atoms with Gasteiger partial charge in [-0.3, -0.25) is 0 Å². The van der Waals surface area contributed by atoms with E-state index < -0.39 is 0 Å². The van der Waals surface area contributed by atoms with Crippen LogP contribution in [0.2, 0.25) is 0 Å². The van der Waals surface area contributed by atoms with Crippen molar-refractivity contribution in [2.45, 2.75) is 25.5 Å². The highest BCUT2D eigenvalue weighted by molar-refractivity contribution is 5.82. The molecule has 0 amide bonds. The van der Waals surface area contributed by atoms with Crippen molar-refractivity contribution < 1.29 is 9.50 Å². The zero-order chi connectivity index (χ0) is 10.4. The molecule has 0 saturated carbocycles. The predicted octanol–water partition coefficient (Wildman–Crippen LogP) is 2.09. The Morgan fingerprint density at radius 2 is 2.27 bits per heavy atom. The van der Waals surface area contributed by atoms with Crippen LogP contribution in [-0.2, 0) is 13.0 Å². The van der Waals surface area contributed by atoms with Crippen molar-refractivity contribution in [1.29, 1.82) is 0 Å². The Kier molecular flexibility index (Phi) is 1.83. The van der Waals surface area contributed by atoms with Crippen molar-refractivity contribution in [3.05, 3.63) is 35.8 Å². The van der Waals surface area contributed by atoms with Crippen molar-refractivity contribution in [3.63, 3.8) is 0 Å². The third kappa shape index (κ3) is 1.27. The molecule has 0 saturated heterocycles. The molecule has 1 atom stereocenters. The van der Waals surface area contributed by atoms with Gasteiger partial charge < -0.3 is 9.67 Å². The van der Waals surface area contributed by atoms with Gasteiger partial charge in [-0.2, -0.15) is 0 Å². The number of halogens is 1. The van der Waals surface area contributed by atoms with E-state index in [0.29, 0.717) is 24.9 Å². The quantitative estimate of drug-likeness (QED) is 0.700. The first kappa shape index (κ1) is 8.92. The molecule has 15 heavy (non-hydrogen) atoms. The zero-order valence-electron chi connectivity index (χ0n) is 8.28. The van der Waals surface area contributed by atoms with E-state index in [1.807, 2.05) is 16.7 Å². The summed E-state index contributed by atoms with van der Waals surface area (Å²) in [5, 5.41) is 10.5. The van der Waals surface area contributed by atoms with Crippen molar-refractivity contribution in [2.75, 3.05) is 0 Å². The van der Waals surface area contributed by atoms with Gasteiger partial charge in [0.25, 0.3) is 0 Å². The smallest absolute Gasteiger partial charge is 0.147 e. The van der Waals surface area contributed by atoms with E-state index >= 15 is 0 Å². The molecule has 1 aliphatic rings. The van der Waals surface area contributed by atoms with Gasteiger partial charge in [0, 0.05) is 24.0 Å². The summed E-state index contributed by atoms with van der Waals surface area (Å²) in [6.07, 6.45) is 1.07. The SMILES string of the molecule is OC1CCn2c(cc3cccc(F)c32)C1. The van der Waals surface area contributed by atoms with Crippen molar-refractivity contribution in [3.8, 4) is 0 Å². The minimum Gasteiger partial charge on any atom is -0.393 e. The van der Waals surface area contributed by atoms with Crippen molar-refractivity contribution >= 4 is 10.9 Å². The van der Waals surface area contributed by atoms with Gasteiger partial charge in [-0.15, -0.1) is 0 Å². The lowest BCUT2D eigenvalue weighted by Crippen LogP contribution is -2.22. The van der Waals surface area contributed by atoms with Crippen LogP contribution < -0.4 is 0 Å². The van der Waals surface area contributed by atoms with E-state index in [4.69, 9.17) is 0 Å². The van der Waals surface area contributed by atoms with Crippen LogP contribution in [0.3, 0.4) is 0 Å². The van der Waals surface area contributed by atoms with E-state index in [1.54, 1.807) is 6.07 Å². The molecule has 3 heteroatoms. The number of aryl methyl sites for hydroxylation is 1. The van der Waals surface area contributed by atoms with E-state index in [9.17, 15) is 9.50 Å². The molecule has 1 aromatic carbocycles. The van der Waals surface area contributed by atoms with E-state index in [2.05, 4.69) is 0 Å². The minimum atomic E-state index is -0.273. The maximum Gasteiger partial charge on any atom is 0.147 e. The number of hydrogen-bond acceptors (Lipinski definition) is 1. The summed E-state index contributed by atoms with van der Waals surface area (Å²) in [7, 11) is 0. The second-order valence-electron chi connectivity index (χ2n) is 4.11. The third-order valence-corrected chi connectivity index (χ3v) is 3.09. The molecule has 0 bridgehead atoms. The number of rotatable bonds is 0. The molecule has 0 spiro atoms. The summed E-state index contributed by atoms with van der Waals surface area (Å²) in [5.41, 5.74) is 1.72. The number of para-hydroxylation sites is 1. The number of fused-ring (bicyclic) bond motifs is 3. The molecule has 2 aromatic rings. The Labute approximate surface area is 86.9 Å². The van der Waals surface area contributed by atoms with Crippen LogP contribution >= 0.6 is 0 Å². The molecule has 1 aromatic heterocycles. The topological polar surface area (TPSA) is 25.2 Å². The lowest BCUT2D eigenvalue weighted by atomic mass is 10.1. The van der Waals surface area contributed by atoms with Gasteiger partial charge in [0.15, 0.2) is 0 Å². The normalized spacial score (nSPS) is 20.5. The highest BCUT2D eigenvalue weighted by Crippen LogP contribution is 2.27. The molecule has 0 radical (unpaired) electrons. The molecule has 0 aliphatic carbocycles. The summed E-state index contributed by atoms with van der Waals surface area (Å²) in [6.45, 7) is 0.709. The fraction of sp³-hybridized carbons (Fsp3) is 0.333. The Morgan fingerprint density at radius 3 is 3.13 bits per heavy atom. The van der Waals surface area contributed by atoms with Crippen LogP contribution in [0.4, 0.5) is 4.39 Å². The van der Waals surface area contributed by atoms with Gasteiger partial charge in [-0.1, -0.05) is 12.1 Å². The van der Waals surface area contributed by atoms with Gasteiger partial charge in [0.1, 0.15) is 5.82 Å². The maximum absolute atomic E-state index is 13.6.